The quantitative estimate of drug-likeness (QED) is 0.655. The summed E-state index contributed by atoms with van der Waals surface area (Å²) >= 11 is 6.08. The van der Waals surface area contributed by atoms with E-state index in [0.29, 0.717) is 11.4 Å². The van der Waals surface area contributed by atoms with Crippen molar-refractivity contribution in [1.82, 2.24) is 0 Å². The molecule has 1 aliphatic rings. The van der Waals surface area contributed by atoms with Crippen LogP contribution in [0.15, 0.2) is 18.2 Å². The maximum atomic E-state index is 11.7. The zero-order chi connectivity index (χ0) is 10.1. The molecule has 1 aromatic rings. The molecule has 14 heavy (non-hydrogen) atoms. The molecule has 0 fully saturated rings. The highest BCUT2D eigenvalue weighted by atomic mass is 35.5. The zero-order valence-corrected chi connectivity index (χ0v) is 8.84. The van der Waals surface area contributed by atoms with Crippen LogP contribution in [0.3, 0.4) is 0 Å². The predicted octanol–water partition coefficient (Wildman–Crippen LogP) is 2.75. The summed E-state index contributed by atoms with van der Waals surface area (Å²) in [5, 5.41) is 0.667. The van der Waals surface area contributed by atoms with Gasteiger partial charge in [-0.25, -0.2) is 0 Å². The third kappa shape index (κ3) is 1.50. The summed E-state index contributed by atoms with van der Waals surface area (Å²) in [4.78, 5) is 13.8. The number of fused-ring (bicyclic) bond motifs is 1. The molecule has 0 atom stereocenters. The van der Waals surface area contributed by atoms with Crippen LogP contribution >= 0.6 is 11.6 Å². The molecule has 0 amide bonds. The summed E-state index contributed by atoms with van der Waals surface area (Å²) in [7, 11) is 1.98. The first-order valence-corrected chi connectivity index (χ1v) is 5.11. The van der Waals surface area contributed by atoms with Crippen molar-refractivity contribution in [3.8, 4) is 0 Å². The molecule has 0 spiro atoms. The van der Waals surface area contributed by atoms with Gasteiger partial charge in [0, 0.05) is 25.6 Å². The SMILES string of the molecule is CN1CCCC(=O)c2cccc(Cl)c21. The lowest BCUT2D eigenvalue weighted by atomic mass is 10.1. The highest BCUT2D eigenvalue weighted by molar-refractivity contribution is 6.34. The predicted molar refractivity (Wildman–Crippen MR) is 58.3 cm³/mol. The Bertz CT molecular complexity index is 376. The van der Waals surface area contributed by atoms with E-state index in [1.165, 1.54) is 0 Å². The second-order valence-corrected chi connectivity index (χ2v) is 3.99. The van der Waals surface area contributed by atoms with Gasteiger partial charge < -0.3 is 4.90 Å². The molecule has 2 rings (SSSR count). The molecule has 3 heteroatoms. The van der Waals surface area contributed by atoms with Crippen molar-refractivity contribution in [3.05, 3.63) is 28.8 Å². The molecule has 0 aliphatic carbocycles. The first-order valence-electron chi connectivity index (χ1n) is 4.73. The second-order valence-electron chi connectivity index (χ2n) is 3.58. The topological polar surface area (TPSA) is 20.3 Å². The second kappa shape index (κ2) is 3.62. The summed E-state index contributed by atoms with van der Waals surface area (Å²) < 4.78 is 0. The van der Waals surface area contributed by atoms with Crippen LogP contribution in [0.25, 0.3) is 0 Å². The van der Waals surface area contributed by atoms with Gasteiger partial charge in [0.15, 0.2) is 5.78 Å². The van der Waals surface area contributed by atoms with Gasteiger partial charge in [-0.3, -0.25) is 4.79 Å². The number of para-hydroxylation sites is 1. The molecule has 0 saturated heterocycles. The number of nitrogens with zero attached hydrogens (tertiary/aromatic N) is 1. The van der Waals surface area contributed by atoms with Gasteiger partial charge in [0.1, 0.15) is 0 Å². The number of carbonyl (C=O) groups excluding carboxylic acids is 1. The lowest BCUT2D eigenvalue weighted by molar-refractivity contribution is 0.0984. The maximum Gasteiger partial charge on any atom is 0.165 e. The number of halogens is 1. The Hall–Kier alpha value is -1.02. The number of benzene rings is 1. The van der Waals surface area contributed by atoms with Gasteiger partial charge in [-0.2, -0.15) is 0 Å². The van der Waals surface area contributed by atoms with E-state index in [0.717, 1.165) is 24.2 Å². The number of Topliss-reactive ketones (excluding diaryl/α,β-unsaturated/α-hetero) is 1. The van der Waals surface area contributed by atoms with E-state index in [1.54, 1.807) is 0 Å². The number of ketones is 1. The van der Waals surface area contributed by atoms with Gasteiger partial charge in [0.25, 0.3) is 0 Å². The standard InChI is InChI=1S/C11H12ClNO/c1-13-7-3-6-10(14)8-4-2-5-9(12)11(8)13/h2,4-5H,3,6-7H2,1H3. The molecule has 1 heterocycles. The summed E-state index contributed by atoms with van der Waals surface area (Å²) in [5.74, 6) is 0.201. The molecule has 0 bridgehead atoms. The molecule has 0 saturated carbocycles. The highest BCUT2D eigenvalue weighted by Gasteiger charge is 2.20. The molecule has 0 radical (unpaired) electrons. The summed E-state index contributed by atoms with van der Waals surface area (Å²) in [6.07, 6.45) is 1.53. The van der Waals surface area contributed by atoms with Crippen molar-refractivity contribution in [3.63, 3.8) is 0 Å². The van der Waals surface area contributed by atoms with E-state index in [2.05, 4.69) is 4.90 Å². The number of carbonyl (C=O) groups is 1. The van der Waals surface area contributed by atoms with Crippen LogP contribution in [-0.2, 0) is 0 Å². The zero-order valence-electron chi connectivity index (χ0n) is 8.09. The maximum absolute atomic E-state index is 11.7. The number of hydrogen-bond acceptors (Lipinski definition) is 2. The van der Waals surface area contributed by atoms with E-state index < -0.39 is 0 Å². The fourth-order valence-electron chi connectivity index (χ4n) is 1.85. The lowest BCUT2D eigenvalue weighted by Gasteiger charge is -2.19. The van der Waals surface area contributed by atoms with Crippen LogP contribution in [0.4, 0.5) is 5.69 Å². The highest BCUT2D eigenvalue weighted by Crippen LogP contribution is 2.32. The van der Waals surface area contributed by atoms with Crippen LogP contribution in [0.1, 0.15) is 23.2 Å². The van der Waals surface area contributed by atoms with E-state index in [1.807, 2.05) is 25.2 Å². The Labute approximate surface area is 88.5 Å². The fourth-order valence-corrected chi connectivity index (χ4v) is 2.17. The van der Waals surface area contributed by atoms with Gasteiger partial charge in [-0.05, 0) is 18.6 Å². The molecule has 1 aliphatic heterocycles. The van der Waals surface area contributed by atoms with Crippen LogP contribution in [0.5, 0.6) is 0 Å². The number of anilines is 1. The van der Waals surface area contributed by atoms with Gasteiger partial charge in [-0.1, -0.05) is 17.7 Å². The molecule has 0 N–H and O–H groups in total. The first kappa shape index (κ1) is 9.53. The third-order valence-corrected chi connectivity index (χ3v) is 2.87. The van der Waals surface area contributed by atoms with Crippen molar-refractivity contribution in [2.75, 3.05) is 18.5 Å². The first-order chi connectivity index (χ1) is 6.70. The molecule has 1 aromatic carbocycles. The van der Waals surface area contributed by atoms with Gasteiger partial charge >= 0.3 is 0 Å². The normalized spacial score (nSPS) is 16.4. The Morgan fingerprint density at radius 2 is 2.21 bits per heavy atom. The molecule has 0 unspecified atom stereocenters. The van der Waals surface area contributed by atoms with E-state index >= 15 is 0 Å². The third-order valence-electron chi connectivity index (χ3n) is 2.57. The molecular weight excluding hydrogens is 198 g/mol. The summed E-state index contributed by atoms with van der Waals surface area (Å²) in [6, 6.07) is 5.51. The summed E-state index contributed by atoms with van der Waals surface area (Å²) in [6.45, 7) is 0.891. The number of rotatable bonds is 0. The minimum atomic E-state index is 0.201. The van der Waals surface area contributed by atoms with Crippen molar-refractivity contribution in [2.45, 2.75) is 12.8 Å². The van der Waals surface area contributed by atoms with E-state index in [4.69, 9.17) is 11.6 Å². The van der Waals surface area contributed by atoms with Crippen molar-refractivity contribution >= 4 is 23.1 Å². The monoisotopic (exact) mass is 209 g/mol. The van der Waals surface area contributed by atoms with Crippen LogP contribution < -0.4 is 4.90 Å². The molecule has 0 aromatic heterocycles. The van der Waals surface area contributed by atoms with Crippen LogP contribution in [0, 0.1) is 0 Å². The van der Waals surface area contributed by atoms with E-state index in [9.17, 15) is 4.79 Å². The van der Waals surface area contributed by atoms with Gasteiger partial charge in [0.2, 0.25) is 0 Å². The molecular formula is C11H12ClNO. The average Bonchev–Trinajstić information content (AvgIpc) is 2.29. The smallest absolute Gasteiger partial charge is 0.165 e. The minimum absolute atomic E-state index is 0.201. The molecule has 74 valence electrons. The van der Waals surface area contributed by atoms with Crippen molar-refractivity contribution in [2.24, 2.45) is 0 Å². The fraction of sp³-hybridized carbons (Fsp3) is 0.364. The Morgan fingerprint density at radius 3 is 3.00 bits per heavy atom. The van der Waals surface area contributed by atoms with Crippen molar-refractivity contribution in [1.29, 1.82) is 0 Å². The largest absolute Gasteiger partial charge is 0.373 e. The van der Waals surface area contributed by atoms with Gasteiger partial charge in [-0.15, -0.1) is 0 Å². The Balaban J connectivity index is 2.59. The van der Waals surface area contributed by atoms with E-state index in [-0.39, 0.29) is 5.78 Å². The van der Waals surface area contributed by atoms with Gasteiger partial charge in [0.05, 0.1) is 10.7 Å². The summed E-state index contributed by atoms with van der Waals surface area (Å²) in [5.41, 5.74) is 1.65. The number of hydrogen-bond donors (Lipinski definition) is 0. The Morgan fingerprint density at radius 1 is 1.43 bits per heavy atom. The minimum Gasteiger partial charge on any atom is -0.373 e. The Kier molecular flexibility index (Phi) is 2.46. The van der Waals surface area contributed by atoms with Crippen LogP contribution in [-0.4, -0.2) is 19.4 Å². The van der Waals surface area contributed by atoms with Crippen molar-refractivity contribution < 1.29 is 4.79 Å². The average molecular weight is 210 g/mol. The van der Waals surface area contributed by atoms with Crippen LogP contribution in [0.2, 0.25) is 5.02 Å². The lowest BCUT2D eigenvalue weighted by Crippen LogP contribution is -2.18. The molecule has 2 nitrogen and oxygen atoms in total.